The van der Waals surface area contributed by atoms with Crippen LogP contribution in [0.5, 0.6) is 0 Å². The Balaban J connectivity index is 3.92. The molecular weight excluding hydrogens is 190 g/mol. The zero-order valence-corrected chi connectivity index (χ0v) is 10.4. The first-order valence-electron chi connectivity index (χ1n) is 5.70. The van der Waals surface area contributed by atoms with E-state index in [4.69, 9.17) is 5.73 Å². The maximum Gasteiger partial charge on any atom is 0.234 e. The molecular formula is C11H25N3O. The first-order chi connectivity index (χ1) is 7.01. The molecule has 0 rings (SSSR count). The Hall–Kier alpha value is -0.610. The van der Waals surface area contributed by atoms with Gasteiger partial charge in [0.2, 0.25) is 5.91 Å². The van der Waals surface area contributed by atoms with Crippen molar-refractivity contribution in [2.45, 2.75) is 33.2 Å². The van der Waals surface area contributed by atoms with Gasteiger partial charge in [0.05, 0.1) is 6.04 Å². The number of likely N-dealkylation sites (N-methyl/N-ethyl adjacent to an activating group) is 1. The average Bonchev–Trinajstić information content (AvgIpc) is 2.15. The number of nitrogens with one attached hydrogen (secondary N) is 1. The number of nitrogens with zero attached hydrogens (tertiary/aromatic N) is 1. The SMILES string of the molecule is CCN(CCC(NC)C(N)=O)CC(C)C. The Morgan fingerprint density at radius 1 is 1.47 bits per heavy atom. The molecule has 0 fully saturated rings. The van der Waals surface area contributed by atoms with Gasteiger partial charge in [0, 0.05) is 13.1 Å². The van der Waals surface area contributed by atoms with Crippen molar-refractivity contribution >= 4 is 5.91 Å². The predicted molar refractivity (Wildman–Crippen MR) is 63.6 cm³/mol. The van der Waals surface area contributed by atoms with Gasteiger partial charge >= 0.3 is 0 Å². The number of hydrogen-bond donors (Lipinski definition) is 2. The topological polar surface area (TPSA) is 58.4 Å². The second kappa shape index (κ2) is 7.65. The first kappa shape index (κ1) is 14.4. The molecule has 0 radical (unpaired) electrons. The molecule has 1 atom stereocenters. The lowest BCUT2D eigenvalue weighted by molar-refractivity contribution is -0.120. The van der Waals surface area contributed by atoms with Crippen LogP contribution in [-0.4, -0.2) is 43.5 Å². The standard InChI is InChI=1S/C11H25N3O/c1-5-14(8-9(2)3)7-6-10(13-4)11(12)15/h9-10,13H,5-8H2,1-4H3,(H2,12,15). The number of rotatable bonds is 8. The van der Waals surface area contributed by atoms with Crippen molar-refractivity contribution < 1.29 is 4.79 Å². The van der Waals surface area contributed by atoms with Crippen LogP contribution >= 0.6 is 0 Å². The lowest BCUT2D eigenvalue weighted by atomic mass is 10.1. The van der Waals surface area contributed by atoms with Gasteiger partial charge < -0.3 is 16.0 Å². The lowest BCUT2D eigenvalue weighted by Crippen LogP contribution is -2.42. The highest BCUT2D eigenvalue weighted by Gasteiger charge is 2.14. The Labute approximate surface area is 93.2 Å². The Kier molecular flexibility index (Phi) is 7.34. The summed E-state index contributed by atoms with van der Waals surface area (Å²) in [6.45, 7) is 9.56. The molecule has 0 spiro atoms. The van der Waals surface area contributed by atoms with Gasteiger partial charge in [-0.1, -0.05) is 20.8 Å². The van der Waals surface area contributed by atoms with Crippen molar-refractivity contribution in [1.82, 2.24) is 10.2 Å². The van der Waals surface area contributed by atoms with Gasteiger partial charge in [0.1, 0.15) is 0 Å². The highest BCUT2D eigenvalue weighted by molar-refractivity contribution is 5.79. The van der Waals surface area contributed by atoms with E-state index in [9.17, 15) is 4.79 Å². The van der Waals surface area contributed by atoms with E-state index in [1.165, 1.54) is 0 Å². The van der Waals surface area contributed by atoms with E-state index in [1.807, 2.05) is 0 Å². The molecule has 0 saturated heterocycles. The van der Waals surface area contributed by atoms with Crippen LogP contribution < -0.4 is 11.1 Å². The molecule has 1 amide bonds. The number of primary amides is 1. The highest BCUT2D eigenvalue weighted by Crippen LogP contribution is 2.01. The van der Waals surface area contributed by atoms with E-state index >= 15 is 0 Å². The van der Waals surface area contributed by atoms with Crippen LogP contribution in [0.1, 0.15) is 27.2 Å². The summed E-state index contributed by atoms with van der Waals surface area (Å²) in [4.78, 5) is 13.3. The molecule has 0 aromatic carbocycles. The molecule has 0 saturated carbocycles. The maximum atomic E-state index is 11.0. The molecule has 1 unspecified atom stereocenters. The molecule has 0 aliphatic rings. The van der Waals surface area contributed by atoms with Gasteiger partial charge in [-0.05, 0) is 25.9 Å². The Morgan fingerprint density at radius 3 is 2.40 bits per heavy atom. The Morgan fingerprint density at radius 2 is 2.07 bits per heavy atom. The van der Waals surface area contributed by atoms with Crippen molar-refractivity contribution in [1.29, 1.82) is 0 Å². The molecule has 0 heterocycles. The fourth-order valence-corrected chi connectivity index (χ4v) is 1.64. The third-order valence-electron chi connectivity index (χ3n) is 2.50. The molecule has 3 N–H and O–H groups in total. The second-order valence-corrected chi connectivity index (χ2v) is 4.32. The molecule has 0 aromatic rings. The summed E-state index contributed by atoms with van der Waals surface area (Å²) in [5, 5.41) is 2.93. The molecule has 0 aromatic heterocycles. The lowest BCUT2D eigenvalue weighted by Gasteiger charge is -2.24. The fourth-order valence-electron chi connectivity index (χ4n) is 1.64. The van der Waals surface area contributed by atoms with E-state index in [0.717, 1.165) is 26.1 Å². The quantitative estimate of drug-likeness (QED) is 0.617. The second-order valence-electron chi connectivity index (χ2n) is 4.32. The van der Waals surface area contributed by atoms with Gasteiger partial charge in [-0.2, -0.15) is 0 Å². The van der Waals surface area contributed by atoms with Crippen LogP contribution in [0, 0.1) is 5.92 Å². The monoisotopic (exact) mass is 215 g/mol. The number of hydrogen-bond acceptors (Lipinski definition) is 3. The van der Waals surface area contributed by atoms with Crippen molar-refractivity contribution in [2.75, 3.05) is 26.7 Å². The van der Waals surface area contributed by atoms with Crippen LogP contribution in [0.4, 0.5) is 0 Å². The summed E-state index contributed by atoms with van der Waals surface area (Å²) >= 11 is 0. The number of carbonyl (C=O) groups is 1. The third kappa shape index (κ3) is 6.47. The van der Waals surface area contributed by atoms with E-state index in [-0.39, 0.29) is 11.9 Å². The van der Waals surface area contributed by atoms with E-state index in [2.05, 4.69) is 31.0 Å². The number of amides is 1. The Bertz CT molecular complexity index is 183. The van der Waals surface area contributed by atoms with E-state index < -0.39 is 0 Å². The van der Waals surface area contributed by atoms with Crippen LogP contribution in [-0.2, 0) is 4.79 Å². The van der Waals surface area contributed by atoms with Gasteiger partial charge in [-0.25, -0.2) is 0 Å². The smallest absolute Gasteiger partial charge is 0.234 e. The number of carbonyl (C=O) groups excluding carboxylic acids is 1. The van der Waals surface area contributed by atoms with Crippen LogP contribution in [0.15, 0.2) is 0 Å². The molecule has 90 valence electrons. The fraction of sp³-hybridized carbons (Fsp3) is 0.909. The normalized spacial score (nSPS) is 13.5. The summed E-state index contributed by atoms with van der Waals surface area (Å²) in [6, 6.07) is -0.203. The van der Waals surface area contributed by atoms with Crippen molar-refractivity contribution in [3.63, 3.8) is 0 Å². The highest BCUT2D eigenvalue weighted by atomic mass is 16.1. The summed E-state index contributed by atoms with van der Waals surface area (Å²) in [7, 11) is 1.77. The summed E-state index contributed by atoms with van der Waals surface area (Å²) in [6.07, 6.45) is 0.784. The number of nitrogens with two attached hydrogens (primary N) is 1. The van der Waals surface area contributed by atoms with E-state index in [1.54, 1.807) is 7.05 Å². The minimum absolute atomic E-state index is 0.203. The van der Waals surface area contributed by atoms with Gasteiger partial charge in [-0.3, -0.25) is 4.79 Å². The molecule has 0 aliphatic heterocycles. The molecule has 0 aliphatic carbocycles. The van der Waals surface area contributed by atoms with Crippen LogP contribution in [0.3, 0.4) is 0 Å². The largest absolute Gasteiger partial charge is 0.368 e. The zero-order chi connectivity index (χ0) is 11.8. The van der Waals surface area contributed by atoms with Gasteiger partial charge in [0.25, 0.3) is 0 Å². The summed E-state index contributed by atoms with van der Waals surface area (Å²) in [5.74, 6) is 0.393. The van der Waals surface area contributed by atoms with Crippen LogP contribution in [0.25, 0.3) is 0 Å². The van der Waals surface area contributed by atoms with E-state index in [0.29, 0.717) is 5.92 Å². The zero-order valence-electron chi connectivity index (χ0n) is 10.4. The minimum atomic E-state index is -0.266. The average molecular weight is 215 g/mol. The third-order valence-corrected chi connectivity index (χ3v) is 2.50. The molecule has 15 heavy (non-hydrogen) atoms. The van der Waals surface area contributed by atoms with Crippen LogP contribution in [0.2, 0.25) is 0 Å². The minimum Gasteiger partial charge on any atom is -0.368 e. The van der Waals surface area contributed by atoms with Crippen molar-refractivity contribution in [3.05, 3.63) is 0 Å². The first-order valence-corrected chi connectivity index (χ1v) is 5.70. The molecule has 4 heteroatoms. The maximum absolute atomic E-state index is 11.0. The molecule has 0 bridgehead atoms. The molecule has 4 nitrogen and oxygen atoms in total. The summed E-state index contributed by atoms with van der Waals surface area (Å²) < 4.78 is 0. The van der Waals surface area contributed by atoms with Gasteiger partial charge in [0.15, 0.2) is 0 Å². The predicted octanol–water partition coefficient (Wildman–Crippen LogP) is 0.428. The van der Waals surface area contributed by atoms with Crippen molar-refractivity contribution in [3.8, 4) is 0 Å². The van der Waals surface area contributed by atoms with Gasteiger partial charge in [-0.15, -0.1) is 0 Å². The summed E-state index contributed by atoms with van der Waals surface area (Å²) in [5.41, 5.74) is 5.26. The van der Waals surface area contributed by atoms with Crippen molar-refractivity contribution in [2.24, 2.45) is 11.7 Å².